The van der Waals surface area contributed by atoms with Crippen LogP contribution in [0.15, 0.2) is 98.1 Å². The van der Waals surface area contributed by atoms with Crippen molar-refractivity contribution in [1.82, 2.24) is 9.13 Å². The number of imidazole rings is 2. The van der Waals surface area contributed by atoms with Crippen molar-refractivity contribution >= 4 is 0 Å². The molecule has 5 heteroatoms. The molecule has 29 heavy (non-hydrogen) atoms. The summed E-state index contributed by atoms with van der Waals surface area (Å²) in [4.78, 5) is 0. The normalized spacial score (nSPS) is 11.0. The van der Waals surface area contributed by atoms with Crippen molar-refractivity contribution in [3.05, 3.63) is 109 Å². The van der Waals surface area contributed by atoms with E-state index < -0.39 is 0 Å². The van der Waals surface area contributed by atoms with E-state index >= 15 is 0 Å². The van der Waals surface area contributed by atoms with Crippen LogP contribution in [0.4, 0.5) is 0 Å². The Morgan fingerprint density at radius 2 is 1.07 bits per heavy atom. The van der Waals surface area contributed by atoms with Gasteiger partial charge in [0.2, 0.25) is 12.7 Å². The van der Waals surface area contributed by atoms with Gasteiger partial charge in [0.15, 0.2) is 0 Å². The summed E-state index contributed by atoms with van der Waals surface area (Å²) in [6, 6.07) is 21.0. The van der Waals surface area contributed by atoms with Gasteiger partial charge in [-0.05, 0) is 11.1 Å². The predicted molar refractivity (Wildman–Crippen MR) is 111 cm³/mol. The van der Waals surface area contributed by atoms with E-state index in [-0.39, 0.29) is 0 Å². The molecular weight excluding hydrogens is 360 g/mol. The van der Waals surface area contributed by atoms with Crippen molar-refractivity contribution in [2.45, 2.75) is 26.2 Å². The molecule has 0 saturated carbocycles. The Bertz CT molecular complexity index is 910. The highest BCUT2D eigenvalue weighted by Gasteiger charge is 2.06. The lowest BCUT2D eigenvalue weighted by Crippen LogP contribution is -2.31. The Morgan fingerprint density at radius 1 is 0.621 bits per heavy atom. The Hall–Kier alpha value is -3.18. The fourth-order valence-corrected chi connectivity index (χ4v) is 3.36. The lowest BCUT2D eigenvalue weighted by molar-refractivity contribution is -0.688. The van der Waals surface area contributed by atoms with E-state index in [0.29, 0.717) is 13.2 Å². The molecule has 0 N–H and O–H groups in total. The molecule has 0 aliphatic rings. The fraction of sp³-hybridized carbons (Fsp3) is 0.250. The van der Waals surface area contributed by atoms with Crippen molar-refractivity contribution in [3.8, 4) is 0 Å². The van der Waals surface area contributed by atoms with Crippen molar-refractivity contribution in [3.63, 3.8) is 0 Å². The zero-order valence-electron chi connectivity index (χ0n) is 16.7. The molecule has 0 amide bonds. The number of nitrogens with zero attached hydrogens (tertiary/aromatic N) is 4. The molecule has 0 saturated heterocycles. The molecule has 2 heterocycles. The molecule has 0 aliphatic heterocycles. The summed E-state index contributed by atoms with van der Waals surface area (Å²) in [6.45, 7) is 4.94. The second-order valence-electron chi connectivity index (χ2n) is 7.23. The standard InChI is InChI=1S/C24H28N4O/c1-3-7-23(8-4-1)19-27-13-11-25(21-27)15-17-29-18-16-26-12-14-28(22-26)20-24-9-5-2-6-10-24/h1-14,21-22H,15-20H2/q+2. The average Bonchev–Trinajstić information content (AvgIpc) is 3.39. The molecule has 0 aliphatic carbocycles. The molecule has 2 aromatic carbocycles. The molecule has 2 aromatic heterocycles. The summed E-state index contributed by atoms with van der Waals surface area (Å²) in [5, 5.41) is 0. The van der Waals surface area contributed by atoms with Gasteiger partial charge in [-0.25, -0.2) is 18.3 Å². The minimum atomic E-state index is 0.714. The van der Waals surface area contributed by atoms with E-state index in [0.717, 1.165) is 26.2 Å². The minimum absolute atomic E-state index is 0.714. The van der Waals surface area contributed by atoms with Crippen molar-refractivity contribution in [2.75, 3.05) is 13.2 Å². The van der Waals surface area contributed by atoms with Crippen LogP contribution in [-0.4, -0.2) is 22.3 Å². The third-order valence-corrected chi connectivity index (χ3v) is 4.90. The minimum Gasteiger partial charge on any atom is -0.373 e. The largest absolute Gasteiger partial charge is 0.373 e. The van der Waals surface area contributed by atoms with Gasteiger partial charge in [-0.15, -0.1) is 0 Å². The summed E-state index contributed by atoms with van der Waals surface area (Å²) >= 11 is 0. The highest BCUT2D eigenvalue weighted by atomic mass is 16.5. The van der Waals surface area contributed by atoms with E-state index in [1.54, 1.807) is 0 Å². The zero-order valence-corrected chi connectivity index (χ0v) is 16.7. The van der Waals surface area contributed by atoms with Crippen LogP contribution in [0.3, 0.4) is 0 Å². The van der Waals surface area contributed by atoms with Crippen LogP contribution in [0, 0.1) is 0 Å². The van der Waals surface area contributed by atoms with Crippen LogP contribution in [0.25, 0.3) is 0 Å². The van der Waals surface area contributed by atoms with E-state index in [9.17, 15) is 0 Å². The van der Waals surface area contributed by atoms with Gasteiger partial charge in [0.25, 0.3) is 0 Å². The maximum Gasteiger partial charge on any atom is 0.244 e. The number of aromatic nitrogens is 4. The molecule has 0 atom stereocenters. The maximum atomic E-state index is 5.84. The molecule has 0 radical (unpaired) electrons. The first kappa shape index (κ1) is 19.2. The lowest BCUT2D eigenvalue weighted by Gasteiger charge is -2.01. The zero-order chi connectivity index (χ0) is 19.7. The van der Waals surface area contributed by atoms with E-state index in [1.165, 1.54) is 11.1 Å². The summed E-state index contributed by atoms with van der Waals surface area (Å²) in [6.07, 6.45) is 12.7. The van der Waals surface area contributed by atoms with Gasteiger partial charge in [-0.3, -0.25) is 0 Å². The van der Waals surface area contributed by atoms with Crippen molar-refractivity contribution in [1.29, 1.82) is 0 Å². The van der Waals surface area contributed by atoms with Gasteiger partial charge < -0.3 is 4.74 Å². The lowest BCUT2D eigenvalue weighted by atomic mass is 10.2. The van der Waals surface area contributed by atoms with Crippen LogP contribution in [-0.2, 0) is 30.9 Å². The van der Waals surface area contributed by atoms with Gasteiger partial charge in [-0.2, -0.15) is 0 Å². The first-order valence-corrected chi connectivity index (χ1v) is 10.1. The third-order valence-electron chi connectivity index (χ3n) is 4.90. The Morgan fingerprint density at radius 3 is 1.52 bits per heavy atom. The molecule has 0 bridgehead atoms. The number of hydrogen-bond donors (Lipinski definition) is 0. The second-order valence-corrected chi connectivity index (χ2v) is 7.23. The molecule has 4 rings (SSSR count). The first-order chi connectivity index (χ1) is 14.3. The summed E-state index contributed by atoms with van der Waals surface area (Å²) < 4.78 is 14.6. The monoisotopic (exact) mass is 388 g/mol. The number of benzene rings is 2. The number of hydrogen-bond acceptors (Lipinski definition) is 1. The highest BCUT2D eigenvalue weighted by Crippen LogP contribution is 1.99. The van der Waals surface area contributed by atoms with Gasteiger partial charge in [0.1, 0.15) is 51.0 Å². The average molecular weight is 389 g/mol. The number of ether oxygens (including phenoxy) is 1. The Labute approximate surface area is 172 Å². The van der Waals surface area contributed by atoms with Crippen LogP contribution >= 0.6 is 0 Å². The van der Waals surface area contributed by atoms with Crippen LogP contribution in [0.5, 0.6) is 0 Å². The molecular formula is C24H28N4O+2. The smallest absolute Gasteiger partial charge is 0.244 e. The fourth-order valence-electron chi connectivity index (χ4n) is 3.36. The van der Waals surface area contributed by atoms with Crippen LogP contribution in [0.2, 0.25) is 0 Å². The summed E-state index contributed by atoms with van der Waals surface area (Å²) in [5.74, 6) is 0. The highest BCUT2D eigenvalue weighted by molar-refractivity contribution is 5.13. The molecule has 4 aromatic rings. The van der Waals surface area contributed by atoms with Gasteiger partial charge in [0, 0.05) is 0 Å². The summed E-state index contributed by atoms with van der Waals surface area (Å²) in [7, 11) is 0. The quantitative estimate of drug-likeness (QED) is 0.303. The van der Waals surface area contributed by atoms with Crippen molar-refractivity contribution < 1.29 is 13.9 Å². The SMILES string of the molecule is c1ccc(C[n+]2ccn(CCOCCn3cc[n+](Cc4ccccc4)c3)c2)cc1. The predicted octanol–water partition coefficient (Wildman–Crippen LogP) is 2.68. The maximum absolute atomic E-state index is 5.84. The van der Waals surface area contributed by atoms with Crippen LogP contribution in [0.1, 0.15) is 11.1 Å². The molecule has 0 fully saturated rings. The Kier molecular flexibility index (Phi) is 6.50. The summed E-state index contributed by atoms with van der Waals surface area (Å²) in [5.41, 5.74) is 2.62. The van der Waals surface area contributed by atoms with Crippen molar-refractivity contribution in [2.24, 2.45) is 0 Å². The number of rotatable bonds is 10. The molecule has 0 spiro atoms. The molecule has 5 nitrogen and oxygen atoms in total. The van der Waals surface area contributed by atoms with Gasteiger partial charge >= 0.3 is 0 Å². The van der Waals surface area contributed by atoms with E-state index in [1.807, 2.05) is 12.1 Å². The molecule has 0 unspecified atom stereocenters. The van der Waals surface area contributed by atoms with E-state index in [4.69, 9.17) is 4.74 Å². The third kappa shape index (κ3) is 5.90. The van der Waals surface area contributed by atoms with Gasteiger partial charge in [-0.1, -0.05) is 60.7 Å². The topological polar surface area (TPSA) is 26.8 Å². The second kappa shape index (κ2) is 9.85. The van der Waals surface area contributed by atoms with Gasteiger partial charge in [0.05, 0.1) is 13.2 Å². The Balaban J connectivity index is 1.15. The first-order valence-electron chi connectivity index (χ1n) is 10.1. The molecule has 148 valence electrons. The van der Waals surface area contributed by atoms with E-state index in [2.05, 4.69) is 104 Å². The van der Waals surface area contributed by atoms with Crippen LogP contribution < -0.4 is 9.13 Å².